The van der Waals surface area contributed by atoms with Crippen molar-refractivity contribution in [3.63, 3.8) is 0 Å². The van der Waals surface area contributed by atoms with Crippen LogP contribution in [0, 0.1) is 0 Å². The fraction of sp³-hybridized carbons (Fsp3) is 0.429. The number of sulfonamides is 1. The molecule has 0 aromatic heterocycles. The number of nitrogens with one attached hydrogen (secondary N) is 1. The van der Waals surface area contributed by atoms with Crippen LogP contribution >= 0.6 is 0 Å². The second-order valence-electron chi connectivity index (χ2n) is 7.13. The summed E-state index contributed by atoms with van der Waals surface area (Å²) in [5.74, 6) is 0.694. The summed E-state index contributed by atoms with van der Waals surface area (Å²) < 4.78 is 75.2. The lowest BCUT2D eigenvalue weighted by molar-refractivity contribution is -0.137. The summed E-state index contributed by atoms with van der Waals surface area (Å²) in [5, 5.41) is -0.487. The van der Waals surface area contributed by atoms with Gasteiger partial charge in [0.05, 0.1) is 10.8 Å². The number of alkyl halides is 3. The van der Waals surface area contributed by atoms with E-state index in [0.29, 0.717) is 12.3 Å². The fourth-order valence-corrected chi connectivity index (χ4v) is 3.32. The third kappa shape index (κ3) is 7.21. The Morgan fingerprint density at radius 2 is 1.53 bits per heavy atom. The van der Waals surface area contributed by atoms with Gasteiger partial charge in [0, 0.05) is 6.54 Å². The van der Waals surface area contributed by atoms with Crippen molar-refractivity contribution in [2.75, 3.05) is 19.8 Å². The Kier molecular flexibility index (Phi) is 8.14. The Balaban J connectivity index is 1.80. The van der Waals surface area contributed by atoms with Crippen molar-refractivity contribution in [3.05, 3.63) is 59.7 Å². The molecule has 2 aromatic rings. The second kappa shape index (κ2) is 10.2. The number of hydrogen-bond donors (Lipinski definition) is 1. The maximum absolute atomic E-state index is 12.7. The van der Waals surface area contributed by atoms with Gasteiger partial charge in [-0.05, 0) is 55.7 Å². The predicted molar refractivity (Wildman–Crippen MR) is 109 cm³/mol. The first kappa shape index (κ1) is 24.0. The van der Waals surface area contributed by atoms with Gasteiger partial charge < -0.3 is 9.47 Å². The molecule has 0 saturated carbocycles. The van der Waals surface area contributed by atoms with Crippen LogP contribution in [0.15, 0.2) is 48.5 Å². The van der Waals surface area contributed by atoms with Crippen LogP contribution in [-0.2, 0) is 16.2 Å². The molecule has 0 fully saturated rings. The van der Waals surface area contributed by atoms with Gasteiger partial charge in [-0.15, -0.1) is 0 Å². The summed E-state index contributed by atoms with van der Waals surface area (Å²) in [6.45, 7) is 5.72. The molecule has 0 saturated heterocycles. The van der Waals surface area contributed by atoms with Crippen molar-refractivity contribution in [1.29, 1.82) is 0 Å². The third-order valence-corrected chi connectivity index (χ3v) is 6.25. The summed E-state index contributed by atoms with van der Waals surface area (Å²) in [6.07, 6.45) is -4.41. The summed E-state index contributed by atoms with van der Waals surface area (Å²) in [7, 11) is -3.31. The van der Waals surface area contributed by atoms with E-state index in [1.54, 1.807) is 26.0 Å². The van der Waals surface area contributed by atoms with Crippen molar-refractivity contribution in [3.8, 4) is 11.5 Å². The van der Waals surface area contributed by atoms with Gasteiger partial charge in [-0.2, -0.15) is 13.2 Å². The lowest BCUT2D eigenvalue weighted by Gasteiger charge is -2.15. The molecule has 0 radical (unpaired) electrons. The van der Waals surface area contributed by atoms with Gasteiger partial charge in [-0.3, -0.25) is 0 Å². The molecule has 0 aliphatic rings. The summed E-state index contributed by atoms with van der Waals surface area (Å²) >= 11 is 0. The number of hydrogen-bond acceptors (Lipinski definition) is 4. The standard InChI is InChI=1S/C21H26F3NO4S/c1-15(2)30(26,27)25-14-16(3)17-7-9-19(10-8-17)28-11-12-29-20-6-4-5-18(13-20)21(22,23)24/h4-10,13,15-16,25H,11-12,14H2,1-3H3. The average Bonchev–Trinajstić information content (AvgIpc) is 2.69. The maximum atomic E-state index is 12.7. The zero-order valence-corrected chi connectivity index (χ0v) is 17.9. The van der Waals surface area contributed by atoms with Crippen molar-refractivity contribution < 1.29 is 31.1 Å². The van der Waals surface area contributed by atoms with Crippen LogP contribution in [0.4, 0.5) is 13.2 Å². The molecule has 2 aromatic carbocycles. The van der Waals surface area contributed by atoms with E-state index in [4.69, 9.17) is 9.47 Å². The molecule has 5 nitrogen and oxygen atoms in total. The van der Waals surface area contributed by atoms with Gasteiger partial charge in [-0.1, -0.05) is 25.1 Å². The summed E-state index contributed by atoms with van der Waals surface area (Å²) in [6, 6.07) is 11.9. The zero-order chi connectivity index (χ0) is 22.4. The van der Waals surface area contributed by atoms with E-state index in [-0.39, 0.29) is 24.9 Å². The highest BCUT2D eigenvalue weighted by Gasteiger charge is 2.30. The molecular formula is C21H26F3NO4S. The molecule has 1 unspecified atom stereocenters. The lowest BCUT2D eigenvalue weighted by atomic mass is 10.0. The predicted octanol–water partition coefficient (Wildman–Crippen LogP) is 4.59. The molecule has 0 aliphatic carbocycles. The number of benzene rings is 2. The summed E-state index contributed by atoms with van der Waals surface area (Å²) in [5.41, 5.74) is 0.190. The van der Waals surface area contributed by atoms with Crippen molar-refractivity contribution in [2.24, 2.45) is 0 Å². The Morgan fingerprint density at radius 1 is 0.933 bits per heavy atom. The minimum Gasteiger partial charge on any atom is -0.490 e. The van der Waals surface area contributed by atoms with Gasteiger partial charge in [0.1, 0.15) is 24.7 Å². The molecule has 9 heteroatoms. The molecule has 0 aliphatic heterocycles. The Morgan fingerprint density at radius 3 is 2.10 bits per heavy atom. The molecule has 1 N–H and O–H groups in total. The Bertz CT molecular complexity index is 913. The van der Waals surface area contributed by atoms with Crippen LogP contribution in [0.5, 0.6) is 11.5 Å². The van der Waals surface area contributed by atoms with Gasteiger partial charge in [0.2, 0.25) is 10.0 Å². The Labute approximate surface area is 175 Å². The minimum absolute atomic E-state index is 0.0168. The van der Waals surface area contributed by atoms with Crippen LogP contribution in [-0.4, -0.2) is 33.4 Å². The average molecular weight is 446 g/mol. The molecule has 0 heterocycles. The first-order chi connectivity index (χ1) is 14.0. The molecule has 30 heavy (non-hydrogen) atoms. The fourth-order valence-electron chi connectivity index (χ4n) is 2.50. The second-order valence-corrected chi connectivity index (χ2v) is 9.46. The van der Waals surface area contributed by atoms with E-state index >= 15 is 0 Å². The number of ether oxygens (including phenoxy) is 2. The van der Waals surface area contributed by atoms with E-state index in [1.165, 1.54) is 12.1 Å². The van der Waals surface area contributed by atoms with Gasteiger partial charge >= 0.3 is 6.18 Å². The molecule has 0 spiro atoms. The van der Waals surface area contributed by atoms with Gasteiger partial charge in [-0.25, -0.2) is 13.1 Å². The summed E-state index contributed by atoms with van der Waals surface area (Å²) in [4.78, 5) is 0. The topological polar surface area (TPSA) is 64.6 Å². The van der Waals surface area contributed by atoms with Crippen molar-refractivity contribution in [2.45, 2.75) is 38.1 Å². The van der Waals surface area contributed by atoms with E-state index in [2.05, 4.69) is 4.72 Å². The molecule has 0 amide bonds. The maximum Gasteiger partial charge on any atom is 0.416 e. The molecular weight excluding hydrogens is 419 g/mol. The van der Waals surface area contributed by atoms with Crippen LogP contribution < -0.4 is 14.2 Å². The zero-order valence-electron chi connectivity index (χ0n) is 17.1. The first-order valence-corrected chi connectivity index (χ1v) is 11.0. The van der Waals surface area contributed by atoms with E-state index < -0.39 is 27.0 Å². The minimum atomic E-state index is -4.41. The van der Waals surface area contributed by atoms with E-state index in [1.807, 2.05) is 19.1 Å². The van der Waals surface area contributed by atoms with Crippen LogP contribution in [0.2, 0.25) is 0 Å². The molecule has 0 bridgehead atoms. The van der Waals surface area contributed by atoms with Crippen LogP contribution in [0.3, 0.4) is 0 Å². The highest BCUT2D eigenvalue weighted by molar-refractivity contribution is 7.90. The first-order valence-electron chi connectivity index (χ1n) is 9.50. The number of rotatable bonds is 10. The van der Waals surface area contributed by atoms with Crippen molar-refractivity contribution in [1.82, 2.24) is 4.72 Å². The third-order valence-electron chi connectivity index (χ3n) is 4.44. The molecule has 1 atom stereocenters. The highest BCUT2D eigenvalue weighted by atomic mass is 32.2. The molecule has 2 rings (SSSR count). The highest BCUT2D eigenvalue weighted by Crippen LogP contribution is 2.31. The van der Waals surface area contributed by atoms with E-state index in [0.717, 1.165) is 17.7 Å². The smallest absolute Gasteiger partial charge is 0.416 e. The largest absolute Gasteiger partial charge is 0.490 e. The molecule has 166 valence electrons. The quantitative estimate of drug-likeness (QED) is 0.543. The van der Waals surface area contributed by atoms with Gasteiger partial charge in [0.15, 0.2) is 0 Å². The van der Waals surface area contributed by atoms with Crippen LogP contribution in [0.1, 0.15) is 37.8 Å². The van der Waals surface area contributed by atoms with Gasteiger partial charge in [0.25, 0.3) is 0 Å². The normalized spacial score (nSPS) is 13.3. The SMILES string of the molecule is CC(CNS(=O)(=O)C(C)C)c1ccc(OCCOc2cccc(C(F)(F)F)c2)cc1. The Hall–Kier alpha value is -2.26. The van der Waals surface area contributed by atoms with E-state index in [9.17, 15) is 21.6 Å². The van der Waals surface area contributed by atoms with Crippen LogP contribution in [0.25, 0.3) is 0 Å². The lowest BCUT2D eigenvalue weighted by Crippen LogP contribution is -2.33. The monoisotopic (exact) mass is 445 g/mol. The number of halogens is 3. The van der Waals surface area contributed by atoms with Crippen molar-refractivity contribution >= 4 is 10.0 Å².